The highest BCUT2D eigenvalue weighted by molar-refractivity contribution is 7.89. The van der Waals surface area contributed by atoms with Crippen molar-refractivity contribution in [1.29, 1.82) is 0 Å². The monoisotopic (exact) mass is 340 g/mol. The smallest absolute Gasteiger partial charge is 0.311 e. The van der Waals surface area contributed by atoms with Gasteiger partial charge in [-0.2, -0.15) is 4.31 Å². The second-order valence-electron chi connectivity index (χ2n) is 6.07. The van der Waals surface area contributed by atoms with Gasteiger partial charge in [-0.15, -0.1) is 0 Å². The van der Waals surface area contributed by atoms with Crippen molar-refractivity contribution in [3.63, 3.8) is 0 Å². The van der Waals surface area contributed by atoms with Gasteiger partial charge in [0.1, 0.15) is 0 Å². The normalized spacial score (nSPS) is 27.7. The molecule has 9 heteroatoms. The number of aliphatic carboxylic acids is 1. The largest absolute Gasteiger partial charge is 0.481 e. The maximum atomic E-state index is 12.8. The molecule has 0 bridgehead atoms. The summed E-state index contributed by atoms with van der Waals surface area (Å²) in [5.74, 6) is -1.22. The Balaban J connectivity index is 2.00. The molecule has 0 unspecified atom stereocenters. The number of para-hydroxylation sites is 1. The first-order chi connectivity index (χ1) is 10.8. The Bertz CT molecular complexity index is 777. The van der Waals surface area contributed by atoms with E-state index in [0.717, 1.165) is 16.8 Å². The number of nitrogens with zero attached hydrogens (tertiary/aromatic N) is 2. The summed E-state index contributed by atoms with van der Waals surface area (Å²) in [4.78, 5) is 21.6. The standard InChI is InChI=1S/C14H16N2O6S/c17-13(18)14-7-3-4-10(14)8-15(9-14)23(21,22)12-6-2-1-5-11(12)16(19)20/h1-2,5-6,10H,3-4,7-9H2,(H,17,18)/t10-,14+/m0/s1. The van der Waals surface area contributed by atoms with E-state index in [4.69, 9.17) is 0 Å². The zero-order valence-corrected chi connectivity index (χ0v) is 13.0. The van der Waals surface area contributed by atoms with Gasteiger partial charge in [0.15, 0.2) is 4.90 Å². The van der Waals surface area contributed by atoms with E-state index in [1.54, 1.807) is 0 Å². The topological polar surface area (TPSA) is 118 Å². The molecular weight excluding hydrogens is 324 g/mol. The van der Waals surface area contributed by atoms with Crippen molar-refractivity contribution in [2.24, 2.45) is 11.3 Å². The maximum absolute atomic E-state index is 12.8. The molecule has 3 rings (SSSR count). The Kier molecular flexibility index (Phi) is 3.64. The minimum Gasteiger partial charge on any atom is -0.481 e. The van der Waals surface area contributed by atoms with Gasteiger partial charge in [-0.25, -0.2) is 8.42 Å². The summed E-state index contributed by atoms with van der Waals surface area (Å²) < 4.78 is 26.7. The SMILES string of the molecule is O=C(O)[C@@]12CCC[C@H]1CN(S(=O)(=O)c1ccccc1[N+](=O)[O-])C2. The Morgan fingerprint density at radius 3 is 2.70 bits per heavy atom. The lowest BCUT2D eigenvalue weighted by Crippen LogP contribution is -2.37. The number of sulfonamides is 1. The predicted molar refractivity (Wildman–Crippen MR) is 79.3 cm³/mol. The van der Waals surface area contributed by atoms with E-state index in [-0.39, 0.29) is 23.9 Å². The van der Waals surface area contributed by atoms with Crippen LogP contribution in [-0.4, -0.2) is 41.8 Å². The molecule has 2 aliphatic rings. The molecule has 1 heterocycles. The first-order valence-electron chi connectivity index (χ1n) is 7.26. The van der Waals surface area contributed by atoms with E-state index in [1.165, 1.54) is 18.2 Å². The molecule has 1 N–H and O–H groups in total. The first-order valence-corrected chi connectivity index (χ1v) is 8.70. The molecule has 1 aromatic rings. The lowest BCUT2D eigenvalue weighted by molar-refractivity contribution is -0.387. The summed E-state index contributed by atoms with van der Waals surface area (Å²) in [6, 6.07) is 5.14. The van der Waals surface area contributed by atoms with E-state index in [1.807, 2.05) is 0 Å². The number of carboxylic acids is 1. The third kappa shape index (κ3) is 2.31. The van der Waals surface area contributed by atoms with Crippen LogP contribution in [0.25, 0.3) is 0 Å². The van der Waals surface area contributed by atoms with E-state index in [2.05, 4.69) is 0 Å². The molecule has 0 spiro atoms. The van der Waals surface area contributed by atoms with Gasteiger partial charge >= 0.3 is 5.97 Å². The van der Waals surface area contributed by atoms with Gasteiger partial charge < -0.3 is 5.11 Å². The average molecular weight is 340 g/mol. The molecule has 1 aliphatic heterocycles. The molecule has 1 aliphatic carbocycles. The van der Waals surface area contributed by atoms with E-state index in [0.29, 0.717) is 12.8 Å². The fraction of sp³-hybridized carbons (Fsp3) is 0.500. The number of fused-ring (bicyclic) bond motifs is 1. The van der Waals surface area contributed by atoms with Crippen molar-refractivity contribution < 1.29 is 23.2 Å². The zero-order valence-electron chi connectivity index (χ0n) is 12.2. The fourth-order valence-corrected chi connectivity index (χ4v) is 5.45. The molecule has 0 radical (unpaired) electrons. The zero-order chi connectivity index (χ0) is 16.8. The van der Waals surface area contributed by atoms with E-state index < -0.39 is 32.0 Å². The van der Waals surface area contributed by atoms with Gasteiger partial charge in [0, 0.05) is 19.2 Å². The Morgan fingerprint density at radius 2 is 2.09 bits per heavy atom. The van der Waals surface area contributed by atoms with Gasteiger partial charge in [0.25, 0.3) is 5.69 Å². The van der Waals surface area contributed by atoms with Crippen LogP contribution in [0.1, 0.15) is 19.3 Å². The van der Waals surface area contributed by atoms with Crippen LogP contribution in [0.5, 0.6) is 0 Å². The molecular formula is C14H16N2O6S. The van der Waals surface area contributed by atoms with Crippen molar-refractivity contribution in [2.75, 3.05) is 13.1 Å². The van der Waals surface area contributed by atoms with Crippen molar-refractivity contribution >= 4 is 21.7 Å². The van der Waals surface area contributed by atoms with Gasteiger partial charge in [0.05, 0.1) is 10.3 Å². The lowest BCUT2D eigenvalue weighted by Gasteiger charge is -2.23. The molecule has 0 amide bonds. The van der Waals surface area contributed by atoms with Crippen LogP contribution in [0.15, 0.2) is 29.2 Å². The fourth-order valence-electron chi connectivity index (χ4n) is 3.74. The van der Waals surface area contributed by atoms with Gasteiger partial charge in [-0.3, -0.25) is 14.9 Å². The number of carbonyl (C=O) groups is 1. The van der Waals surface area contributed by atoms with Crippen LogP contribution in [0, 0.1) is 21.4 Å². The number of hydrogen-bond acceptors (Lipinski definition) is 5. The number of nitro benzene ring substituents is 1. The minimum absolute atomic E-state index is 0.0979. The van der Waals surface area contributed by atoms with Crippen molar-refractivity contribution in [3.05, 3.63) is 34.4 Å². The molecule has 124 valence electrons. The van der Waals surface area contributed by atoms with Gasteiger partial charge in [-0.1, -0.05) is 18.6 Å². The second-order valence-corrected chi connectivity index (χ2v) is 7.98. The molecule has 2 atom stereocenters. The molecule has 1 aromatic carbocycles. The summed E-state index contributed by atoms with van der Waals surface area (Å²) in [7, 11) is -4.10. The van der Waals surface area contributed by atoms with E-state index >= 15 is 0 Å². The van der Waals surface area contributed by atoms with Crippen LogP contribution in [-0.2, 0) is 14.8 Å². The van der Waals surface area contributed by atoms with Crippen LogP contribution in [0.2, 0.25) is 0 Å². The van der Waals surface area contributed by atoms with Crippen molar-refractivity contribution in [2.45, 2.75) is 24.2 Å². The van der Waals surface area contributed by atoms with Crippen LogP contribution in [0.3, 0.4) is 0 Å². The number of rotatable bonds is 4. The van der Waals surface area contributed by atoms with E-state index in [9.17, 15) is 28.4 Å². The van der Waals surface area contributed by atoms with Crippen molar-refractivity contribution in [1.82, 2.24) is 4.31 Å². The average Bonchev–Trinajstić information content (AvgIpc) is 3.05. The molecule has 23 heavy (non-hydrogen) atoms. The quantitative estimate of drug-likeness (QED) is 0.655. The van der Waals surface area contributed by atoms with Gasteiger partial charge in [-0.05, 0) is 24.8 Å². The predicted octanol–water partition coefficient (Wildman–Crippen LogP) is 1.47. The maximum Gasteiger partial charge on any atom is 0.311 e. The summed E-state index contributed by atoms with van der Waals surface area (Å²) >= 11 is 0. The second kappa shape index (κ2) is 5.27. The molecule has 8 nitrogen and oxygen atoms in total. The van der Waals surface area contributed by atoms with Crippen molar-refractivity contribution in [3.8, 4) is 0 Å². The third-order valence-electron chi connectivity index (χ3n) is 4.95. The Hall–Kier alpha value is -2.00. The third-order valence-corrected chi connectivity index (χ3v) is 6.80. The summed E-state index contributed by atoms with van der Waals surface area (Å²) in [5.41, 5.74) is -1.55. The van der Waals surface area contributed by atoms with Gasteiger partial charge in [0.2, 0.25) is 10.0 Å². The summed E-state index contributed by atoms with van der Waals surface area (Å²) in [6.45, 7) is -0.0257. The summed E-state index contributed by atoms with van der Waals surface area (Å²) in [5, 5.41) is 20.6. The number of hydrogen-bond donors (Lipinski definition) is 1. The highest BCUT2D eigenvalue weighted by atomic mass is 32.2. The Labute approximate surface area is 132 Å². The number of nitro groups is 1. The number of carboxylic acid groups (broad SMARTS) is 1. The van der Waals surface area contributed by atoms with Crippen LogP contribution >= 0.6 is 0 Å². The Morgan fingerprint density at radius 1 is 1.39 bits per heavy atom. The molecule has 0 aromatic heterocycles. The van der Waals surface area contributed by atoms with Crippen LogP contribution < -0.4 is 0 Å². The summed E-state index contributed by atoms with van der Waals surface area (Å²) in [6.07, 6.45) is 1.86. The minimum atomic E-state index is -4.10. The highest BCUT2D eigenvalue weighted by Crippen LogP contribution is 2.50. The molecule has 1 saturated heterocycles. The molecule has 2 fully saturated rings. The highest BCUT2D eigenvalue weighted by Gasteiger charge is 2.57. The number of benzene rings is 1. The lowest BCUT2D eigenvalue weighted by atomic mass is 9.81. The molecule has 1 saturated carbocycles. The first kappa shape index (κ1) is 15.9. The van der Waals surface area contributed by atoms with Crippen LogP contribution in [0.4, 0.5) is 5.69 Å².